The fourth-order valence-electron chi connectivity index (χ4n) is 6.84. The third-order valence-corrected chi connectivity index (χ3v) is 8.68. The van der Waals surface area contributed by atoms with E-state index in [0.29, 0.717) is 24.0 Å². The predicted molar refractivity (Wildman–Crippen MR) is 129 cm³/mol. The molecular formula is C30H30F4O2. The third kappa shape index (κ3) is 4.33. The van der Waals surface area contributed by atoms with E-state index >= 15 is 0 Å². The minimum Gasteiger partial charge on any atom is -0.299 e. The van der Waals surface area contributed by atoms with E-state index in [1.54, 1.807) is 12.1 Å². The van der Waals surface area contributed by atoms with Crippen LogP contribution in [0.3, 0.4) is 0 Å². The lowest BCUT2D eigenvalue weighted by Crippen LogP contribution is -2.48. The van der Waals surface area contributed by atoms with Crippen molar-refractivity contribution in [2.24, 2.45) is 23.2 Å². The van der Waals surface area contributed by atoms with E-state index in [4.69, 9.17) is 0 Å². The molecule has 3 atom stereocenters. The number of carbonyl (C=O) groups excluding carboxylic acids is 2. The Hall–Kier alpha value is -2.76. The lowest BCUT2D eigenvalue weighted by atomic mass is 9.50. The van der Waals surface area contributed by atoms with Gasteiger partial charge in [0.25, 0.3) is 0 Å². The maximum Gasteiger partial charge on any atom is 0.416 e. The number of Topliss-reactive ketones (excluding diaryl/α,β-unsaturated/α-hetero) is 2. The lowest BCUT2D eigenvalue weighted by molar-refractivity contribution is -0.138. The molecule has 0 heterocycles. The van der Waals surface area contributed by atoms with Crippen LogP contribution in [0.4, 0.5) is 17.6 Å². The van der Waals surface area contributed by atoms with Crippen LogP contribution in [0.1, 0.15) is 79.8 Å². The molecule has 36 heavy (non-hydrogen) atoms. The maximum atomic E-state index is 14.0. The van der Waals surface area contributed by atoms with E-state index < -0.39 is 29.4 Å². The van der Waals surface area contributed by atoms with E-state index in [1.165, 1.54) is 24.3 Å². The van der Waals surface area contributed by atoms with Crippen LogP contribution >= 0.6 is 0 Å². The SMILES string of the molecule is CC(C)C1=C(C(=O)c2ccc(C(F)(F)F)cc2)C(c2ccc(F)cc2)C2C(=O)CC3(CCC3)CC2C1. The first-order valence-electron chi connectivity index (χ1n) is 12.7. The zero-order valence-electron chi connectivity index (χ0n) is 20.5. The van der Waals surface area contributed by atoms with E-state index in [2.05, 4.69) is 0 Å². The topological polar surface area (TPSA) is 34.1 Å². The number of fused-ring (bicyclic) bond motifs is 1. The number of alkyl halides is 3. The van der Waals surface area contributed by atoms with Crippen LogP contribution in [0, 0.1) is 29.0 Å². The Bertz CT molecular complexity index is 1200. The Morgan fingerprint density at radius 2 is 1.64 bits per heavy atom. The molecule has 2 aromatic rings. The molecule has 2 saturated carbocycles. The van der Waals surface area contributed by atoms with Crippen LogP contribution in [0.15, 0.2) is 59.7 Å². The molecular weight excluding hydrogens is 468 g/mol. The summed E-state index contributed by atoms with van der Waals surface area (Å²) in [6, 6.07) is 10.2. The van der Waals surface area contributed by atoms with Crippen molar-refractivity contribution in [3.05, 3.63) is 82.2 Å². The zero-order chi connectivity index (χ0) is 25.8. The quantitative estimate of drug-likeness (QED) is 0.317. The number of hydrogen-bond acceptors (Lipinski definition) is 2. The normalized spacial score (nSPS) is 25.6. The second kappa shape index (κ2) is 8.97. The fourth-order valence-corrected chi connectivity index (χ4v) is 6.84. The molecule has 0 saturated heterocycles. The molecule has 0 amide bonds. The highest BCUT2D eigenvalue weighted by Gasteiger charge is 2.54. The van der Waals surface area contributed by atoms with Crippen LogP contribution in [0.25, 0.3) is 0 Å². The van der Waals surface area contributed by atoms with Gasteiger partial charge in [-0.3, -0.25) is 9.59 Å². The summed E-state index contributed by atoms with van der Waals surface area (Å²) in [4.78, 5) is 27.7. The Morgan fingerprint density at radius 3 is 2.17 bits per heavy atom. The molecule has 5 rings (SSSR count). The largest absolute Gasteiger partial charge is 0.416 e. The number of halogens is 4. The van der Waals surface area contributed by atoms with Crippen molar-refractivity contribution < 1.29 is 27.2 Å². The fraction of sp³-hybridized carbons (Fsp3) is 0.467. The molecule has 6 heteroatoms. The van der Waals surface area contributed by atoms with Crippen molar-refractivity contribution in [1.82, 2.24) is 0 Å². The molecule has 2 fully saturated rings. The molecule has 0 aromatic heterocycles. The second-order valence-corrected chi connectivity index (χ2v) is 11.2. The molecule has 0 bridgehead atoms. The van der Waals surface area contributed by atoms with Crippen molar-refractivity contribution in [3.63, 3.8) is 0 Å². The molecule has 3 aliphatic rings. The minimum atomic E-state index is -4.50. The number of carbonyl (C=O) groups is 2. The Morgan fingerprint density at radius 1 is 1.00 bits per heavy atom. The monoisotopic (exact) mass is 498 g/mol. The molecule has 0 N–H and O–H groups in total. The first-order valence-corrected chi connectivity index (χ1v) is 12.7. The Kier molecular flexibility index (Phi) is 6.20. The van der Waals surface area contributed by atoms with E-state index in [1.807, 2.05) is 13.8 Å². The van der Waals surface area contributed by atoms with Gasteiger partial charge < -0.3 is 0 Å². The number of allylic oxidation sites excluding steroid dienone is 2. The number of hydrogen-bond donors (Lipinski definition) is 0. The van der Waals surface area contributed by atoms with Gasteiger partial charge in [0.15, 0.2) is 5.78 Å². The van der Waals surface area contributed by atoms with Gasteiger partial charge in [0, 0.05) is 29.4 Å². The predicted octanol–water partition coefficient (Wildman–Crippen LogP) is 7.93. The van der Waals surface area contributed by atoms with E-state index in [0.717, 1.165) is 43.4 Å². The van der Waals surface area contributed by atoms with Gasteiger partial charge in [0.05, 0.1) is 5.56 Å². The summed E-state index contributed by atoms with van der Waals surface area (Å²) in [7, 11) is 0. The number of benzene rings is 2. The highest BCUT2D eigenvalue weighted by Crippen LogP contribution is 2.60. The lowest BCUT2D eigenvalue weighted by Gasteiger charge is -2.53. The highest BCUT2D eigenvalue weighted by atomic mass is 19.4. The van der Waals surface area contributed by atoms with Gasteiger partial charge >= 0.3 is 6.18 Å². The van der Waals surface area contributed by atoms with Crippen molar-refractivity contribution in [1.29, 1.82) is 0 Å². The van der Waals surface area contributed by atoms with Gasteiger partial charge in [-0.05, 0) is 72.8 Å². The average molecular weight is 499 g/mol. The summed E-state index contributed by atoms with van der Waals surface area (Å²) in [5.74, 6) is -1.41. The van der Waals surface area contributed by atoms with Gasteiger partial charge in [-0.25, -0.2) is 4.39 Å². The summed E-state index contributed by atoms with van der Waals surface area (Å²) < 4.78 is 53.2. The van der Waals surface area contributed by atoms with Crippen molar-refractivity contribution in [2.45, 2.75) is 64.5 Å². The Balaban J connectivity index is 1.64. The van der Waals surface area contributed by atoms with E-state index in [9.17, 15) is 27.2 Å². The molecule has 190 valence electrons. The second-order valence-electron chi connectivity index (χ2n) is 11.2. The summed E-state index contributed by atoms with van der Waals surface area (Å²) in [6.45, 7) is 4.03. The van der Waals surface area contributed by atoms with Crippen molar-refractivity contribution in [3.8, 4) is 0 Å². The number of rotatable bonds is 4. The molecule has 3 unspecified atom stereocenters. The number of ketones is 2. The Labute approximate surface area is 208 Å². The van der Waals surface area contributed by atoms with Crippen LogP contribution < -0.4 is 0 Å². The smallest absolute Gasteiger partial charge is 0.299 e. The molecule has 2 nitrogen and oxygen atoms in total. The first-order chi connectivity index (χ1) is 17.0. The zero-order valence-corrected chi connectivity index (χ0v) is 20.5. The maximum absolute atomic E-state index is 14.0. The molecule has 1 spiro atoms. The van der Waals surface area contributed by atoms with Crippen molar-refractivity contribution >= 4 is 11.6 Å². The van der Waals surface area contributed by atoms with Gasteiger partial charge in [-0.15, -0.1) is 0 Å². The molecule has 0 aliphatic heterocycles. The summed E-state index contributed by atoms with van der Waals surface area (Å²) in [6.07, 6.45) is 0.836. The van der Waals surface area contributed by atoms with Crippen LogP contribution in [-0.2, 0) is 11.0 Å². The first kappa shape index (κ1) is 24.9. The van der Waals surface area contributed by atoms with Crippen LogP contribution in [-0.4, -0.2) is 11.6 Å². The van der Waals surface area contributed by atoms with Gasteiger partial charge in [0.2, 0.25) is 0 Å². The minimum absolute atomic E-state index is 0.0247. The van der Waals surface area contributed by atoms with Gasteiger partial charge in [-0.2, -0.15) is 13.2 Å². The molecule has 0 radical (unpaired) electrons. The van der Waals surface area contributed by atoms with Gasteiger partial charge in [-0.1, -0.05) is 50.1 Å². The molecule has 3 aliphatic carbocycles. The standard InChI is InChI=1S/C30H30F4O2/c1-17(2)23-14-20-15-29(12-3-13-29)16-24(35)25(20)26(18-6-10-22(31)11-7-18)27(23)28(36)19-4-8-21(9-5-19)30(32,33)34/h4-11,17,20,25-26H,3,12-16H2,1-2H3. The molecule has 2 aromatic carbocycles. The van der Waals surface area contributed by atoms with Gasteiger partial charge in [0.1, 0.15) is 11.6 Å². The van der Waals surface area contributed by atoms with E-state index in [-0.39, 0.29) is 34.4 Å². The summed E-state index contributed by atoms with van der Waals surface area (Å²) in [5, 5.41) is 0. The highest BCUT2D eigenvalue weighted by molar-refractivity contribution is 6.11. The van der Waals surface area contributed by atoms with Crippen LogP contribution in [0.2, 0.25) is 0 Å². The summed E-state index contributed by atoms with van der Waals surface area (Å²) >= 11 is 0. The summed E-state index contributed by atoms with van der Waals surface area (Å²) in [5.41, 5.74) is 1.58. The van der Waals surface area contributed by atoms with Crippen LogP contribution in [0.5, 0.6) is 0 Å². The third-order valence-electron chi connectivity index (χ3n) is 8.68. The average Bonchev–Trinajstić information content (AvgIpc) is 2.81. The van der Waals surface area contributed by atoms with Crippen molar-refractivity contribution in [2.75, 3.05) is 0 Å².